The van der Waals surface area contributed by atoms with Crippen molar-refractivity contribution in [2.75, 3.05) is 0 Å². The fourth-order valence-corrected chi connectivity index (χ4v) is 0.644. The molecule has 7 N–H and O–H groups in total. The minimum absolute atomic E-state index is 0. The van der Waals surface area contributed by atoms with E-state index in [1.165, 1.54) is 0 Å². The molecular weight excluding hydrogens is 192 g/mol. The van der Waals surface area contributed by atoms with Gasteiger partial charge in [0.2, 0.25) is 0 Å². The highest BCUT2D eigenvalue weighted by Crippen LogP contribution is 2.00. The number of carboxylic acids is 1. The van der Waals surface area contributed by atoms with Crippen molar-refractivity contribution in [2.45, 2.75) is 25.2 Å². The molecular formula is C5H14B2NO6. The van der Waals surface area contributed by atoms with E-state index >= 15 is 0 Å². The first-order valence-electron chi connectivity index (χ1n) is 3.90. The van der Waals surface area contributed by atoms with E-state index in [1.807, 2.05) is 0 Å². The molecule has 0 aliphatic carbocycles. The fourth-order valence-electron chi connectivity index (χ4n) is 0.644. The Balaban J connectivity index is 0. The molecule has 0 amide bonds. The zero-order valence-corrected chi connectivity index (χ0v) is 7.58. The molecule has 0 aliphatic rings. The van der Waals surface area contributed by atoms with E-state index in [0.717, 1.165) is 0 Å². The normalized spacial score (nSPS) is 10.9. The molecule has 0 aromatic rings. The Labute approximate surface area is 82.6 Å². The maximum atomic E-state index is 10.1. The van der Waals surface area contributed by atoms with Crippen LogP contribution in [0.25, 0.3) is 0 Å². The lowest BCUT2D eigenvalue weighted by Crippen LogP contribution is -2.30. The Hall–Kier alpha value is -0.600. The van der Waals surface area contributed by atoms with Crippen molar-refractivity contribution in [3.05, 3.63) is 0 Å². The summed E-state index contributed by atoms with van der Waals surface area (Å²) in [5, 5.41) is 39.0. The largest absolute Gasteiger partial charge is 0.482 e. The summed E-state index contributed by atoms with van der Waals surface area (Å²) in [5.41, 5.74) is 5.14. The van der Waals surface area contributed by atoms with Gasteiger partial charge in [0.1, 0.15) is 6.04 Å². The van der Waals surface area contributed by atoms with E-state index in [-0.39, 0.29) is 20.4 Å². The fraction of sp³-hybridized carbons (Fsp3) is 0.800. The third-order valence-corrected chi connectivity index (χ3v) is 1.29. The standard InChI is InChI=1S/C5H12BNO4.BH2O2/c7-4(5(8)9)2-1-3-6(10)11;2-1-3/h4,10-11H,1-3,7H2,(H,8,9);2-3H. The first-order valence-corrected chi connectivity index (χ1v) is 3.90. The Morgan fingerprint density at radius 3 is 2.14 bits per heavy atom. The van der Waals surface area contributed by atoms with E-state index in [4.69, 9.17) is 30.9 Å². The second-order valence-electron chi connectivity index (χ2n) is 2.47. The van der Waals surface area contributed by atoms with Gasteiger partial charge in [-0.2, -0.15) is 0 Å². The lowest BCUT2D eigenvalue weighted by molar-refractivity contribution is -0.138. The van der Waals surface area contributed by atoms with Crippen molar-refractivity contribution in [1.29, 1.82) is 0 Å². The van der Waals surface area contributed by atoms with Crippen molar-refractivity contribution >= 4 is 20.8 Å². The van der Waals surface area contributed by atoms with Gasteiger partial charge < -0.3 is 30.9 Å². The smallest absolute Gasteiger partial charge is 0.480 e. The van der Waals surface area contributed by atoms with Crippen LogP contribution in [0.2, 0.25) is 6.32 Å². The van der Waals surface area contributed by atoms with Gasteiger partial charge in [0.05, 0.1) is 0 Å². The van der Waals surface area contributed by atoms with Crippen molar-refractivity contribution in [2.24, 2.45) is 5.73 Å². The summed E-state index contributed by atoms with van der Waals surface area (Å²) < 4.78 is 0. The summed E-state index contributed by atoms with van der Waals surface area (Å²) in [6, 6.07) is -0.895. The second kappa shape index (κ2) is 10.5. The molecule has 0 rings (SSSR count). The van der Waals surface area contributed by atoms with Crippen molar-refractivity contribution in [1.82, 2.24) is 0 Å². The number of hydrogen-bond acceptors (Lipinski definition) is 6. The second-order valence-corrected chi connectivity index (χ2v) is 2.47. The molecule has 0 aliphatic heterocycles. The van der Waals surface area contributed by atoms with Gasteiger partial charge >= 0.3 is 20.8 Å². The van der Waals surface area contributed by atoms with E-state index in [2.05, 4.69) is 0 Å². The summed E-state index contributed by atoms with van der Waals surface area (Å²) in [5.74, 6) is -1.06. The highest BCUT2D eigenvalue weighted by molar-refractivity contribution is 6.40. The molecule has 0 aromatic carbocycles. The molecule has 0 fully saturated rings. The average molecular weight is 206 g/mol. The third kappa shape index (κ3) is 14.0. The van der Waals surface area contributed by atoms with Crippen LogP contribution in [0.5, 0.6) is 0 Å². The number of carboxylic acid groups (broad SMARTS) is 1. The summed E-state index contributed by atoms with van der Waals surface area (Å²) >= 11 is 0. The number of carbonyl (C=O) groups is 1. The van der Waals surface area contributed by atoms with Gasteiger partial charge in [0, 0.05) is 0 Å². The van der Waals surface area contributed by atoms with E-state index in [1.54, 1.807) is 0 Å². The molecule has 0 saturated heterocycles. The molecule has 14 heavy (non-hydrogen) atoms. The van der Waals surface area contributed by atoms with Crippen LogP contribution in [0.15, 0.2) is 0 Å². The summed E-state index contributed by atoms with van der Waals surface area (Å²) in [6.07, 6.45) is 0.846. The summed E-state index contributed by atoms with van der Waals surface area (Å²) in [6.45, 7) is 0. The number of rotatable bonds is 5. The molecule has 1 unspecified atom stereocenters. The molecule has 0 saturated carbocycles. The lowest BCUT2D eigenvalue weighted by atomic mass is 9.83. The predicted octanol–water partition coefficient (Wildman–Crippen LogP) is -2.84. The number of nitrogens with two attached hydrogens (primary N) is 1. The van der Waals surface area contributed by atoms with Crippen LogP contribution >= 0.6 is 0 Å². The maximum Gasteiger partial charge on any atom is 0.482 e. The molecule has 1 atom stereocenters. The quantitative estimate of drug-likeness (QED) is 0.265. The van der Waals surface area contributed by atoms with E-state index in [9.17, 15) is 4.79 Å². The van der Waals surface area contributed by atoms with Crippen LogP contribution in [-0.4, -0.2) is 52.0 Å². The highest BCUT2D eigenvalue weighted by Gasteiger charge is 2.12. The lowest BCUT2D eigenvalue weighted by Gasteiger charge is -2.04. The number of aliphatic carboxylic acids is 1. The topological polar surface area (TPSA) is 144 Å². The van der Waals surface area contributed by atoms with Gasteiger partial charge in [0.15, 0.2) is 0 Å². The minimum atomic E-state index is -1.36. The monoisotopic (exact) mass is 206 g/mol. The van der Waals surface area contributed by atoms with Crippen LogP contribution < -0.4 is 5.73 Å². The molecule has 9 heteroatoms. The predicted molar refractivity (Wildman–Crippen MR) is 50.0 cm³/mol. The van der Waals surface area contributed by atoms with Gasteiger partial charge in [-0.3, -0.25) is 4.79 Å². The molecule has 0 heterocycles. The Bertz CT molecular complexity index is 146. The molecule has 1 radical (unpaired) electrons. The van der Waals surface area contributed by atoms with Gasteiger partial charge in [-0.1, -0.05) is 6.42 Å². The van der Waals surface area contributed by atoms with Crippen molar-refractivity contribution in [3.8, 4) is 0 Å². The van der Waals surface area contributed by atoms with Gasteiger partial charge in [-0.15, -0.1) is 0 Å². The first-order chi connectivity index (χ1) is 6.45. The summed E-state index contributed by atoms with van der Waals surface area (Å²) in [4.78, 5) is 10.1. The zero-order chi connectivity index (χ0) is 11.6. The molecule has 0 aromatic heterocycles. The van der Waals surface area contributed by atoms with E-state index < -0.39 is 19.1 Å². The zero-order valence-electron chi connectivity index (χ0n) is 7.58. The van der Waals surface area contributed by atoms with Gasteiger partial charge in [0.25, 0.3) is 0 Å². The van der Waals surface area contributed by atoms with Crippen molar-refractivity contribution in [3.63, 3.8) is 0 Å². The Kier molecular flexibility index (Phi) is 11.9. The molecule has 0 spiro atoms. The third-order valence-electron chi connectivity index (χ3n) is 1.29. The molecule has 7 nitrogen and oxygen atoms in total. The van der Waals surface area contributed by atoms with Crippen LogP contribution in [0, 0.1) is 0 Å². The molecule has 81 valence electrons. The molecule has 0 bridgehead atoms. The van der Waals surface area contributed by atoms with Crippen LogP contribution in [0.3, 0.4) is 0 Å². The van der Waals surface area contributed by atoms with E-state index in [0.29, 0.717) is 6.42 Å². The average Bonchev–Trinajstić information content (AvgIpc) is 2.04. The summed E-state index contributed by atoms with van der Waals surface area (Å²) in [7, 11) is -1.36. The maximum absolute atomic E-state index is 10.1. The Morgan fingerprint density at radius 2 is 1.86 bits per heavy atom. The van der Waals surface area contributed by atoms with Crippen LogP contribution in [-0.2, 0) is 4.79 Å². The SMILES string of the molecule is NC(CCCB(O)O)C(=O)O.O[B]O. The van der Waals surface area contributed by atoms with Gasteiger partial charge in [-0.05, 0) is 12.7 Å². The van der Waals surface area contributed by atoms with Gasteiger partial charge in [-0.25, -0.2) is 0 Å². The van der Waals surface area contributed by atoms with Crippen LogP contribution in [0.4, 0.5) is 0 Å². The minimum Gasteiger partial charge on any atom is -0.480 e. The first kappa shape index (κ1) is 15.9. The van der Waals surface area contributed by atoms with Crippen molar-refractivity contribution < 1.29 is 30.0 Å². The number of hydrogen-bond donors (Lipinski definition) is 6. The van der Waals surface area contributed by atoms with Crippen LogP contribution in [0.1, 0.15) is 12.8 Å². The highest BCUT2D eigenvalue weighted by atomic mass is 16.4. The Morgan fingerprint density at radius 1 is 1.43 bits per heavy atom.